The molecule has 0 unspecified atom stereocenters. The van der Waals surface area contributed by atoms with Crippen molar-refractivity contribution < 1.29 is 14.4 Å². The summed E-state index contributed by atoms with van der Waals surface area (Å²) >= 11 is 0. The highest BCUT2D eigenvalue weighted by atomic mass is 16.2. The van der Waals surface area contributed by atoms with Crippen molar-refractivity contribution in [2.24, 2.45) is 0 Å². The Bertz CT molecular complexity index is 1210. The fourth-order valence-corrected chi connectivity index (χ4v) is 3.65. The van der Waals surface area contributed by atoms with Crippen LogP contribution in [0.3, 0.4) is 0 Å². The molecule has 1 aliphatic rings. The molecule has 0 bridgehead atoms. The number of nitrogens with zero attached hydrogens (tertiary/aromatic N) is 2. The number of carbonyl (C=O) groups is 3. The lowest BCUT2D eigenvalue weighted by Gasteiger charge is -2.12. The first-order valence-corrected chi connectivity index (χ1v) is 9.65. The highest BCUT2D eigenvalue weighted by molar-refractivity contribution is 6.22. The van der Waals surface area contributed by atoms with E-state index in [0.29, 0.717) is 16.9 Å². The summed E-state index contributed by atoms with van der Waals surface area (Å²) < 4.78 is 0. The van der Waals surface area contributed by atoms with Crippen molar-refractivity contribution in [3.63, 3.8) is 0 Å². The van der Waals surface area contributed by atoms with E-state index in [1.807, 2.05) is 20.8 Å². The Hall–Kier alpha value is -3.74. The summed E-state index contributed by atoms with van der Waals surface area (Å²) in [6, 6.07) is 11.0. The quantitative estimate of drug-likeness (QED) is 0.653. The average molecular weight is 402 g/mol. The summed E-state index contributed by atoms with van der Waals surface area (Å²) in [6.07, 6.45) is 0. The first-order valence-electron chi connectivity index (χ1n) is 9.65. The lowest BCUT2D eigenvalue weighted by atomic mass is 9.99. The Balaban J connectivity index is 1.48. The van der Waals surface area contributed by atoms with Gasteiger partial charge >= 0.3 is 0 Å². The van der Waals surface area contributed by atoms with E-state index in [4.69, 9.17) is 0 Å². The summed E-state index contributed by atoms with van der Waals surface area (Å²) in [6.45, 7) is 7.60. The molecular formula is C23H22N4O3. The van der Waals surface area contributed by atoms with Crippen LogP contribution >= 0.6 is 0 Å². The molecule has 2 aromatic carbocycles. The molecule has 30 heavy (non-hydrogen) atoms. The highest BCUT2D eigenvalue weighted by Crippen LogP contribution is 2.27. The number of nitrogens with one attached hydrogen (secondary N) is 2. The fourth-order valence-electron chi connectivity index (χ4n) is 3.65. The minimum Gasteiger partial charge on any atom is -0.308 e. The molecule has 152 valence electrons. The number of hydrogen-bond donors (Lipinski definition) is 2. The van der Waals surface area contributed by atoms with Crippen LogP contribution in [-0.4, -0.2) is 39.4 Å². The Morgan fingerprint density at radius 1 is 0.900 bits per heavy atom. The van der Waals surface area contributed by atoms with E-state index in [0.717, 1.165) is 32.8 Å². The number of carbonyl (C=O) groups excluding carboxylic acids is 3. The van der Waals surface area contributed by atoms with Gasteiger partial charge in [0.15, 0.2) is 5.82 Å². The van der Waals surface area contributed by atoms with Gasteiger partial charge < -0.3 is 5.32 Å². The zero-order chi connectivity index (χ0) is 21.6. The number of amides is 3. The molecule has 1 aliphatic heterocycles. The van der Waals surface area contributed by atoms with Crippen molar-refractivity contribution in [1.29, 1.82) is 0 Å². The van der Waals surface area contributed by atoms with E-state index < -0.39 is 17.7 Å². The smallest absolute Gasteiger partial charge is 0.262 e. The van der Waals surface area contributed by atoms with E-state index in [1.54, 1.807) is 24.3 Å². The summed E-state index contributed by atoms with van der Waals surface area (Å²) in [5.41, 5.74) is 6.79. The van der Waals surface area contributed by atoms with Crippen molar-refractivity contribution >= 4 is 23.5 Å². The monoisotopic (exact) mass is 402 g/mol. The van der Waals surface area contributed by atoms with Gasteiger partial charge in [0.1, 0.15) is 6.54 Å². The lowest BCUT2D eigenvalue weighted by molar-refractivity contribution is -0.116. The van der Waals surface area contributed by atoms with Crippen LogP contribution in [-0.2, 0) is 4.79 Å². The van der Waals surface area contributed by atoms with E-state index in [2.05, 4.69) is 34.6 Å². The van der Waals surface area contributed by atoms with Gasteiger partial charge in [0.05, 0.1) is 16.8 Å². The van der Waals surface area contributed by atoms with E-state index in [-0.39, 0.29) is 6.54 Å². The summed E-state index contributed by atoms with van der Waals surface area (Å²) in [5.74, 6) is -1.07. The van der Waals surface area contributed by atoms with Crippen molar-refractivity contribution in [2.75, 3.05) is 11.9 Å². The van der Waals surface area contributed by atoms with Gasteiger partial charge in [-0.3, -0.25) is 24.4 Å². The normalized spacial score (nSPS) is 13.0. The maximum Gasteiger partial charge on any atom is 0.262 e. The molecule has 0 fully saturated rings. The minimum absolute atomic E-state index is 0.325. The molecule has 2 N–H and O–H groups in total. The number of anilines is 1. The van der Waals surface area contributed by atoms with Crippen LogP contribution in [0, 0.1) is 27.7 Å². The lowest BCUT2D eigenvalue weighted by Crippen LogP contribution is -2.37. The number of H-pyrrole nitrogens is 1. The molecule has 0 radical (unpaired) electrons. The predicted molar refractivity (Wildman–Crippen MR) is 113 cm³/mol. The Kier molecular flexibility index (Phi) is 4.73. The average Bonchev–Trinajstić information content (AvgIpc) is 3.23. The maximum atomic E-state index is 12.5. The molecular weight excluding hydrogens is 380 g/mol. The predicted octanol–water partition coefficient (Wildman–Crippen LogP) is 3.55. The fraction of sp³-hybridized carbons (Fsp3) is 0.217. The topological polar surface area (TPSA) is 95.2 Å². The van der Waals surface area contributed by atoms with Gasteiger partial charge in [-0.25, -0.2) is 0 Å². The van der Waals surface area contributed by atoms with Crippen LogP contribution in [0.4, 0.5) is 5.82 Å². The number of hydrogen-bond acceptors (Lipinski definition) is 4. The second-order valence-corrected chi connectivity index (χ2v) is 7.71. The molecule has 7 nitrogen and oxygen atoms in total. The van der Waals surface area contributed by atoms with Crippen molar-refractivity contribution in [1.82, 2.24) is 15.1 Å². The van der Waals surface area contributed by atoms with Gasteiger partial charge in [-0.2, -0.15) is 5.10 Å². The van der Waals surface area contributed by atoms with Crippen molar-refractivity contribution in [3.8, 4) is 11.3 Å². The zero-order valence-corrected chi connectivity index (χ0v) is 17.3. The van der Waals surface area contributed by atoms with Gasteiger partial charge in [0.2, 0.25) is 5.91 Å². The highest BCUT2D eigenvalue weighted by Gasteiger charge is 2.36. The Labute approximate surface area is 174 Å². The molecule has 7 heteroatoms. The largest absolute Gasteiger partial charge is 0.308 e. The SMILES string of the molecule is Cc1ccc2c(c1)C(=O)N(CC(=O)Nc1cc(-c3cc(C)c(C)cc3C)[nH]n1)C2=O. The third kappa shape index (κ3) is 3.39. The molecule has 0 aliphatic carbocycles. The summed E-state index contributed by atoms with van der Waals surface area (Å²) in [7, 11) is 0. The van der Waals surface area contributed by atoms with Crippen molar-refractivity contribution in [2.45, 2.75) is 27.7 Å². The number of rotatable bonds is 4. The summed E-state index contributed by atoms with van der Waals surface area (Å²) in [4.78, 5) is 38.5. The molecule has 0 saturated heterocycles. The number of imide groups is 1. The number of aryl methyl sites for hydroxylation is 4. The van der Waals surface area contributed by atoms with Gasteiger partial charge in [-0.1, -0.05) is 17.7 Å². The Morgan fingerprint density at radius 2 is 1.60 bits per heavy atom. The van der Waals surface area contributed by atoms with Crippen molar-refractivity contribution in [3.05, 3.63) is 69.8 Å². The molecule has 0 atom stereocenters. The molecule has 1 aromatic heterocycles. The van der Waals surface area contributed by atoms with Crippen LogP contribution in [0.5, 0.6) is 0 Å². The molecule has 0 saturated carbocycles. The number of aromatic nitrogens is 2. The third-order valence-corrected chi connectivity index (χ3v) is 5.40. The molecule has 3 aromatic rings. The van der Waals surface area contributed by atoms with Gasteiger partial charge in [-0.15, -0.1) is 0 Å². The van der Waals surface area contributed by atoms with Crippen LogP contribution in [0.15, 0.2) is 36.4 Å². The summed E-state index contributed by atoms with van der Waals surface area (Å²) in [5, 5.41) is 9.73. The second kappa shape index (κ2) is 7.26. The van der Waals surface area contributed by atoms with Gasteiger partial charge in [-0.05, 0) is 62.6 Å². The minimum atomic E-state index is -0.490. The molecule has 0 spiro atoms. The molecule has 4 rings (SSSR count). The Morgan fingerprint density at radius 3 is 2.37 bits per heavy atom. The standard InChI is InChI=1S/C23H22N4O3/c1-12-5-6-16-18(7-12)23(30)27(22(16)29)11-21(28)24-20-10-19(25-26-20)17-9-14(3)13(2)8-15(17)4/h5-10H,11H2,1-4H3,(H2,24,25,26,28). The zero-order valence-electron chi connectivity index (χ0n) is 17.3. The maximum absolute atomic E-state index is 12.5. The van der Waals surface area contributed by atoms with Crippen LogP contribution in [0.25, 0.3) is 11.3 Å². The van der Waals surface area contributed by atoms with Crippen LogP contribution in [0.2, 0.25) is 0 Å². The van der Waals surface area contributed by atoms with Gasteiger partial charge in [0.25, 0.3) is 11.8 Å². The molecule has 2 heterocycles. The second-order valence-electron chi connectivity index (χ2n) is 7.71. The number of benzene rings is 2. The van der Waals surface area contributed by atoms with Crippen LogP contribution < -0.4 is 5.32 Å². The van der Waals surface area contributed by atoms with Gasteiger partial charge in [0, 0.05) is 11.6 Å². The van der Waals surface area contributed by atoms with E-state index >= 15 is 0 Å². The number of aromatic amines is 1. The van der Waals surface area contributed by atoms with E-state index in [1.165, 1.54) is 5.56 Å². The van der Waals surface area contributed by atoms with E-state index in [9.17, 15) is 14.4 Å². The first-order chi connectivity index (χ1) is 14.2. The third-order valence-electron chi connectivity index (χ3n) is 5.40. The number of fused-ring (bicyclic) bond motifs is 1. The first kappa shape index (κ1) is 19.6. The van der Waals surface area contributed by atoms with Crippen LogP contribution in [0.1, 0.15) is 43.0 Å². The molecule has 3 amide bonds.